The first kappa shape index (κ1) is 18.3. The quantitative estimate of drug-likeness (QED) is 0.690. The Hall–Kier alpha value is -2.25. The summed E-state index contributed by atoms with van der Waals surface area (Å²) in [6.07, 6.45) is 5.06. The first-order valence-corrected chi connectivity index (χ1v) is 11.4. The molecule has 1 amide bonds. The average Bonchev–Trinajstić information content (AvgIpc) is 3.21. The molecule has 6 aliphatic rings. The molecule has 0 aromatic heterocycles. The molecule has 5 atom stereocenters. The van der Waals surface area contributed by atoms with E-state index in [4.69, 9.17) is 23.7 Å². The second-order valence-corrected chi connectivity index (χ2v) is 9.74. The molecule has 2 saturated heterocycles. The van der Waals surface area contributed by atoms with Crippen molar-refractivity contribution < 1.29 is 28.5 Å². The number of amides is 1. The third-order valence-electron chi connectivity index (χ3n) is 8.39. The van der Waals surface area contributed by atoms with E-state index in [9.17, 15) is 4.79 Å². The second kappa shape index (κ2) is 5.95. The third-order valence-corrected chi connectivity index (χ3v) is 8.39. The number of nitrogens with zero attached hydrogens (tertiary/aromatic N) is 1. The fraction of sp³-hybridized carbons (Fsp3) is 0.625. The van der Waals surface area contributed by atoms with Crippen molar-refractivity contribution in [2.24, 2.45) is 11.8 Å². The number of fused-ring (bicyclic) bond motifs is 4. The molecule has 3 aliphatic carbocycles. The van der Waals surface area contributed by atoms with Crippen LogP contribution in [0.5, 0.6) is 11.5 Å². The normalized spacial score (nSPS) is 38.5. The molecule has 0 bridgehead atoms. The van der Waals surface area contributed by atoms with Crippen molar-refractivity contribution in [2.75, 3.05) is 26.9 Å². The Bertz CT molecular complexity index is 983. The van der Waals surface area contributed by atoms with Gasteiger partial charge in [0.2, 0.25) is 5.79 Å². The zero-order valence-electron chi connectivity index (χ0n) is 17.7. The number of carbonyl (C=O) groups is 1. The SMILES string of the molecule is C=C[C@]12c3c4ccc(OC)c3O[C@H]1C1(CC[C@H]2C2OC(=O)N(CC3CC3)C42)OCCO1. The highest BCUT2D eigenvalue weighted by atomic mass is 16.8. The van der Waals surface area contributed by atoms with Gasteiger partial charge in [-0.15, -0.1) is 6.58 Å². The summed E-state index contributed by atoms with van der Waals surface area (Å²) in [6, 6.07) is 3.93. The Balaban J connectivity index is 1.46. The summed E-state index contributed by atoms with van der Waals surface area (Å²) in [6.45, 7) is 6.14. The molecule has 1 aromatic carbocycles. The highest BCUT2D eigenvalue weighted by Gasteiger charge is 2.72. The molecule has 1 aromatic rings. The number of benzene rings is 1. The van der Waals surface area contributed by atoms with E-state index in [1.54, 1.807) is 7.11 Å². The van der Waals surface area contributed by atoms with Crippen molar-refractivity contribution >= 4 is 6.09 Å². The molecular formula is C24H27NO6. The molecule has 7 heteroatoms. The maximum absolute atomic E-state index is 13.0. The highest BCUT2D eigenvalue weighted by Crippen LogP contribution is 2.67. The molecule has 2 saturated carbocycles. The van der Waals surface area contributed by atoms with Crippen LogP contribution in [0.1, 0.15) is 42.9 Å². The van der Waals surface area contributed by atoms with Gasteiger partial charge in [0.1, 0.15) is 6.10 Å². The van der Waals surface area contributed by atoms with Gasteiger partial charge >= 0.3 is 6.09 Å². The number of hydrogen-bond acceptors (Lipinski definition) is 6. The molecule has 0 N–H and O–H groups in total. The summed E-state index contributed by atoms with van der Waals surface area (Å²) < 4.78 is 30.9. The predicted octanol–water partition coefficient (Wildman–Crippen LogP) is 3.32. The maximum atomic E-state index is 13.0. The minimum absolute atomic E-state index is 0.0486. The summed E-state index contributed by atoms with van der Waals surface area (Å²) in [4.78, 5) is 15.0. The van der Waals surface area contributed by atoms with E-state index in [0.717, 1.165) is 29.8 Å². The molecule has 0 radical (unpaired) electrons. The van der Waals surface area contributed by atoms with Crippen molar-refractivity contribution in [3.05, 3.63) is 35.9 Å². The van der Waals surface area contributed by atoms with Crippen molar-refractivity contribution in [3.8, 4) is 11.5 Å². The topological polar surface area (TPSA) is 66.5 Å². The maximum Gasteiger partial charge on any atom is 0.410 e. The van der Waals surface area contributed by atoms with Crippen LogP contribution in [0.15, 0.2) is 24.8 Å². The number of methoxy groups -OCH3 is 1. The van der Waals surface area contributed by atoms with E-state index in [1.807, 2.05) is 17.0 Å². The van der Waals surface area contributed by atoms with Gasteiger partial charge < -0.3 is 23.7 Å². The summed E-state index contributed by atoms with van der Waals surface area (Å²) in [5.74, 6) is 1.25. The first-order chi connectivity index (χ1) is 15.1. The lowest BCUT2D eigenvalue weighted by Crippen LogP contribution is -2.65. The van der Waals surface area contributed by atoms with Crippen LogP contribution in [-0.2, 0) is 19.6 Å². The molecular weight excluding hydrogens is 398 g/mol. The van der Waals surface area contributed by atoms with Gasteiger partial charge in [0, 0.05) is 24.4 Å². The summed E-state index contributed by atoms with van der Waals surface area (Å²) in [5, 5.41) is 0. The largest absolute Gasteiger partial charge is 0.493 e. The lowest BCUT2D eigenvalue weighted by atomic mass is 9.53. The minimum Gasteiger partial charge on any atom is -0.493 e. The van der Waals surface area contributed by atoms with Gasteiger partial charge in [-0.25, -0.2) is 4.79 Å². The van der Waals surface area contributed by atoms with E-state index in [2.05, 4.69) is 12.6 Å². The zero-order valence-corrected chi connectivity index (χ0v) is 17.7. The number of rotatable bonds is 4. The molecule has 7 nitrogen and oxygen atoms in total. The lowest BCUT2D eigenvalue weighted by Gasteiger charge is -2.54. The molecule has 2 unspecified atom stereocenters. The standard InChI is InChI=1S/C24H27NO6/c1-3-23-15-8-9-24(28-10-11-29-24)21(23)30-20-16(27-2)7-6-14(17(20)23)18-19(15)31-22(26)25(18)12-13-4-5-13/h3,6-7,13,15,18-19,21H,1,4-5,8-12H2,2H3/t15-,18?,19?,21+,23-/m0/s1. The van der Waals surface area contributed by atoms with Crippen LogP contribution in [0.2, 0.25) is 0 Å². The van der Waals surface area contributed by atoms with E-state index in [-0.39, 0.29) is 30.3 Å². The summed E-state index contributed by atoms with van der Waals surface area (Å²) >= 11 is 0. The van der Waals surface area contributed by atoms with Crippen molar-refractivity contribution in [1.82, 2.24) is 4.90 Å². The van der Waals surface area contributed by atoms with E-state index in [0.29, 0.717) is 31.3 Å². The van der Waals surface area contributed by atoms with Gasteiger partial charge in [-0.3, -0.25) is 4.90 Å². The fourth-order valence-corrected chi connectivity index (χ4v) is 6.97. The van der Waals surface area contributed by atoms with Crippen LogP contribution >= 0.6 is 0 Å². The van der Waals surface area contributed by atoms with Crippen LogP contribution in [-0.4, -0.2) is 55.9 Å². The summed E-state index contributed by atoms with van der Waals surface area (Å²) in [5.41, 5.74) is 1.61. The lowest BCUT2D eigenvalue weighted by molar-refractivity contribution is -0.250. The highest BCUT2D eigenvalue weighted by molar-refractivity contribution is 5.74. The monoisotopic (exact) mass is 425 g/mol. The van der Waals surface area contributed by atoms with Crippen LogP contribution in [0.4, 0.5) is 4.79 Å². The van der Waals surface area contributed by atoms with Gasteiger partial charge in [0.25, 0.3) is 0 Å². The number of carbonyl (C=O) groups excluding carboxylic acids is 1. The Kier molecular flexibility index (Phi) is 3.52. The van der Waals surface area contributed by atoms with Crippen LogP contribution in [0.25, 0.3) is 0 Å². The van der Waals surface area contributed by atoms with Gasteiger partial charge in [0.05, 0.1) is 31.8 Å². The Morgan fingerprint density at radius 3 is 2.74 bits per heavy atom. The molecule has 3 aliphatic heterocycles. The van der Waals surface area contributed by atoms with Crippen LogP contribution in [0.3, 0.4) is 0 Å². The van der Waals surface area contributed by atoms with Crippen LogP contribution < -0.4 is 9.47 Å². The third kappa shape index (κ3) is 2.09. The first-order valence-electron chi connectivity index (χ1n) is 11.4. The molecule has 4 fully saturated rings. The minimum atomic E-state index is -0.810. The smallest absolute Gasteiger partial charge is 0.410 e. The number of hydrogen-bond donors (Lipinski definition) is 0. The van der Waals surface area contributed by atoms with E-state index >= 15 is 0 Å². The van der Waals surface area contributed by atoms with Gasteiger partial charge in [0.15, 0.2) is 17.6 Å². The molecule has 7 rings (SSSR count). The Labute approximate surface area is 181 Å². The molecule has 3 heterocycles. The fourth-order valence-electron chi connectivity index (χ4n) is 6.97. The van der Waals surface area contributed by atoms with Crippen molar-refractivity contribution in [3.63, 3.8) is 0 Å². The number of ether oxygens (including phenoxy) is 5. The Morgan fingerprint density at radius 2 is 2.03 bits per heavy atom. The van der Waals surface area contributed by atoms with Crippen molar-refractivity contribution in [1.29, 1.82) is 0 Å². The average molecular weight is 425 g/mol. The molecule has 1 spiro atoms. The molecule has 164 valence electrons. The van der Waals surface area contributed by atoms with Gasteiger partial charge in [-0.1, -0.05) is 12.1 Å². The van der Waals surface area contributed by atoms with E-state index < -0.39 is 11.2 Å². The zero-order chi connectivity index (χ0) is 21.0. The van der Waals surface area contributed by atoms with Gasteiger partial charge in [-0.05, 0) is 36.8 Å². The van der Waals surface area contributed by atoms with Crippen molar-refractivity contribution in [2.45, 2.75) is 55.1 Å². The van der Waals surface area contributed by atoms with Crippen LogP contribution in [0, 0.1) is 11.8 Å². The second-order valence-electron chi connectivity index (χ2n) is 9.74. The molecule has 31 heavy (non-hydrogen) atoms. The van der Waals surface area contributed by atoms with E-state index in [1.165, 1.54) is 12.8 Å². The van der Waals surface area contributed by atoms with Gasteiger partial charge in [-0.2, -0.15) is 0 Å². The Morgan fingerprint density at radius 1 is 1.23 bits per heavy atom. The predicted molar refractivity (Wildman–Crippen MR) is 109 cm³/mol. The summed E-state index contributed by atoms with van der Waals surface area (Å²) in [7, 11) is 1.66.